The van der Waals surface area contributed by atoms with Crippen molar-refractivity contribution in [3.05, 3.63) is 71.4 Å². The van der Waals surface area contributed by atoms with Crippen LogP contribution < -0.4 is 10.9 Å². The minimum absolute atomic E-state index is 0.0325. The molecule has 0 unspecified atom stereocenters. The highest BCUT2D eigenvalue weighted by molar-refractivity contribution is 5.77. The Bertz CT molecular complexity index is 910. The van der Waals surface area contributed by atoms with E-state index in [-0.39, 0.29) is 17.6 Å². The Kier molecular flexibility index (Phi) is 4.29. The van der Waals surface area contributed by atoms with Gasteiger partial charge in [0, 0.05) is 41.3 Å². The van der Waals surface area contributed by atoms with Gasteiger partial charge in [-0.05, 0) is 32.0 Å². The molecule has 6 heteroatoms. The fourth-order valence-electron chi connectivity index (χ4n) is 2.34. The smallest absolute Gasteiger partial charge is 0.334 e. The summed E-state index contributed by atoms with van der Waals surface area (Å²) in [6.07, 6.45) is 5.00. The second-order valence-corrected chi connectivity index (χ2v) is 5.74. The summed E-state index contributed by atoms with van der Waals surface area (Å²) in [6.45, 7) is 3.77. The first-order chi connectivity index (χ1) is 11.5. The molecule has 0 radical (unpaired) electrons. The summed E-state index contributed by atoms with van der Waals surface area (Å²) in [4.78, 5) is 24.1. The Hall–Kier alpha value is -3.15. The van der Waals surface area contributed by atoms with Crippen LogP contribution in [0.1, 0.15) is 13.8 Å². The first-order valence-electron chi connectivity index (χ1n) is 7.68. The normalized spacial score (nSPS) is 10.8. The van der Waals surface area contributed by atoms with Crippen molar-refractivity contribution in [2.45, 2.75) is 19.9 Å². The van der Waals surface area contributed by atoms with Crippen LogP contribution in [0.5, 0.6) is 0 Å². The molecule has 3 rings (SSSR count). The zero-order valence-corrected chi connectivity index (χ0v) is 13.5. The van der Waals surface area contributed by atoms with E-state index in [4.69, 9.17) is 0 Å². The van der Waals surface area contributed by atoms with Gasteiger partial charge in [0.1, 0.15) is 0 Å². The van der Waals surface area contributed by atoms with Crippen LogP contribution in [0.3, 0.4) is 0 Å². The van der Waals surface area contributed by atoms with Gasteiger partial charge in [0.2, 0.25) is 0 Å². The second kappa shape index (κ2) is 6.54. The summed E-state index contributed by atoms with van der Waals surface area (Å²) in [5, 5.41) is 6.86. The monoisotopic (exact) mass is 322 g/mol. The van der Waals surface area contributed by atoms with E-state index in [1.807, 2.05) is 44.2 Å². The van der Waals surface area contributed by atoms with Gasteiger partial charge in [-0.1, -0.05) is 18.2 Å². The molecule has 2 heterocycles. The number of nitrogens with one attached hydrogen (secondary N) is 1. The van der Waals surface area contributed by atoms with Gasteiger partial charge >= 0.3 is 6.03 Å². The lowest BCUT2D eigenvalue weighted by Crippen LogP contribution is -2.34. The molecule has 0 aliphatic heterocycles. The number of carbonyl (C=O) groups excluding carboxylic acids is 1. The lowest BCUT2D eigenvalue weighted by molar-refractivity contribution is 0.237. The van der Waals surface area contributed by atoms with Crippen molar-refractivity contribution in [3.63, 3.8) is 0 Å². The van der Waals surface area contributed by atoms with Gasteiger partial charge in [0.15, 0.2) is 0 Å². The number of amides is 1. The molecule has 1 amide bonds. The van der Waals surface area contributed by atoms with Crippen LogP contribution in [0.2, 0.25) is 0 Å². The average Bonchev–Trinajstić information content (AvgIpc) is 3.06. The van der Waals surface area contributed by atoms with Crippen molar-refractivity contribution in [1.82, 2.24) is 19.7 Å². The number of rotatable bonds is 3. The number of pyridine rings is 1. The summed E-state index contributed by atoms with van der Waals surface area (Å²) in [6, 6.07) is 12.4. The predicted molar refractivity (Wildman–Crippen MR) is 92.3 cm³/mol. The molecule has 0 spiro atoms. The summed E-state index contributed by atoms with van der Waals surface area (Å²) >= 11 is 0. The summed E-state index contributed by atoms with van der Waals surface area (Å²) in [5.41, 5.74) is 2.24. The van der Waals surface area contributed by atoms with Crippen molar-refractivity contribution >= 4 is 6.03 Å². The number of carbonyl (C=O) groups is 1. The maximum absolute atomic E-state index is 12.1. The van der Waals surface area contributed by atoms with E-state index in [0.29, 0.717) is 0 Å². The molecule has 122 valence electrons. The third-order valence-corrected chi connectivity index (χ3v) is 3.48. The molecule has 0 atom stereocenters. The third-order valence-electron chi connectivity index (χ3n) is 3.48. The van der Waals surface area contributed by atoms with E-state index in [1.165, 1.54) is 10.7 Å². The maximum atomic E-state index is 12.1. The average molecular weight is 322 g/mol. The van der Waals surface area contributed by atoms with Gasteiger partial charge in [-0.2, -0.15) is 9.78 Å². The number of hydrogen-bond acceptors (Lipinski definition) is 3. The SMILES string of the molecule is CC(C)NC(=O)n1cc(-c2ccc(=O)n(-c3ccccc3)c2)cn1. The molecule has 3 aromatic rings. The topological polar surface area (TPSA) is 68.9 Å². The highest BCUT2D eigenvalue weighted by Gasteiger charge is 2.10. The van der Waals surface area contributed by atoms with Crippen molar-refractivity contribution < 1.29 is 4.79 Å². The quantitative estimate of drug-likeness (QED) is 0.806. The van der Waals surface area contributed by atoms with E-state index in [0.717, 1.165) is 16.8 Å². The molecular weight excluding hydrogens is 304 g/mol. The van der Waals surface area contributed by atoms with Crippen LogP contribution in [-0.2, 0) is 0 Å². The van der Waals surface area contributed by atoms with Crippen molar-refractivity contribution in [2.75, 3.05) is 0 Å². The molecule has 2 aromatic heterocycles. The number of aromatic nitrogens is 3. The summed E-state index contributed by atoms with van der Waals surface area (Å²) < 4.78 is 2.83. The molecule has 0 aliphatic carbocycles. The second-order valence-electron chi connectivity index (χ2n) is 5.74. The first-order valence-corrected chi connectivity index (χ1v) is 7.68. The highest BCUT2D eigenvalue weighted by Crippen LogP contribution is 2.18. The van der Waals surface area contributed by atoms with Crippen molar-refractivity contribution in [3.8, 4) is 16.8 Å². The van der Waals surface area contributed by atoms with Crippen LogP contribution in [-0.4, -0.2) is 26.4 Å². The molecule has 24 heavy (non-hydrogen) atoms. The van der Waals surface area contributed by atoms with Crippen LogP contribution in [0.15, 0.2) is 65.8 Å². The summed E-state index contributed by atoms with van der Waals surface area (Å²) in [7, 11) is 0. The number of benzene rings is 1. The minimum Gasteiger partial charge on any atom is -0.334 e. The molecule has 6 nitrogen and oxygen atoms in total. The lowest BCUT2D eigenvalue weighted by Gasteiger charge is -2.08. The Labute approximate surface area is 139 Å². The Morgan fingerprint density at radius 1 is 1.04 bits per heavy atom. The molecule has 0 fully saturated rings. The first kappa shape index (κ1) is 15.7. The fraction of sp³-hybridized carbons (Fsp3) is 0.167. The van der Waals surface area contributed by atoms with Crippen LogP contribution >= 0.6 is 0 Å². The van der Waals surface area contributed by atoms with E-state index < -0.39 is 0 Å². The molecular formula is C18H18N4O2. The molecule has 0 bridgehead atoms. The van der Waals surface area contributed by atoms with Crippen LogP contribution in [0.25, 0.3) is 16.8 Å². The zero-order chi connectivity index (χ0) is 17.1. The van der Waals surface area contributed by atoms with Gasteiger partial charge < -0.3 is 5.32 Å². The van der Waals surface area contributed by atoms with Gasteiger partial charge in [-0.3, -0.25) is 9.36 Å². The van der Waals surface area contributed by atoms with Gasteiger partial charge in [0.25, 0.3) is 5.56 Å². The van der Waals surface area contributed by atoms with Crippen molar-refractivity contribution in [2.24, 2.45) is 0 Å². The van der Waals surface area contributed by atoms with Crippen molar-refractivity contribution in [1.29, 1.82) is 0 Å². The number of nitrogens with zero attached hydrogens (tertiary/aromatic N) is 3. The molecule has 0 aliphatic rings. The fourth-order valence-corrected chi connectivity index (χ4v) is 2.34. The minimum atomic E-state index is -0.285. The zero-order valence-electron chi connectivity index (χ0n) is 13.5. The van der Waals surface area contributed by atoms with Gasteiger partial charge in [0.05, 0.1) is 6.20 Å². The third kappa shape index (κ3) is 3.27. The Balaban J connectivity index is 1.95. The standard InChI is InChI=1S/C18H18N4O2/c1-13(2)20-18(24)22-12-15(10-19-22)14-8-9-17(23)21(11-14)16-6-4-3-5-7-16/h3-13H,1-2H3,(H,20,24). The van der Waals surface area contributed by atoms with E-state index in [1.54, 1.807) is 29.2 Å². The van der Waals surface area contributed by atoms with E-state index in [9.17, 15) is 9.59 Å². The van der Waals surface area contributed by atoms with E-state index >= 15 is 0 Å². The maximum Gasteiger partial charge on any atom is 0.342 e. The van der Waals surface area contributed by atoms with Gasteiger partial charge in [-0.15, -0.1) is 0 Å². The largest absolute Gasteiger partial charge is 0.342 e. The Morgan fingerprint density at radius 2 is 1.79 bits per heavy atom. The molecule has 1 aromatic carbocycles. The Morgan fingerprint density at radius 3 is 2.50 bits per heavy atom. The molecule has 0 saturated carbocycles. The van der Waals surface area contributed by atoms with Crippen LogP contribution in [0.4, 0.5) is 4.79 Å². The summed E-state index contributed by atoms with van der Waals surface area (Å²) in [5.74, 6) is 0. The van der Waals surface area contributed by atoms with Crippen LogP contribution in [0, 0.1) is 0 Å². The lowest BCUT2D eigenvalue weighted by atomic mass is 10.1. The highest BCUT2D eigenvalue weighted by atomic mass is 16.2. The number of para-hydroxylation sites is 1. The number of hydrogen-bond donors (Lipinski definition) is 1. The predicted octanol–water partition coefficient (Wildman–Crippen LogP) is 2.67. The molecule has 0 saturated heterocycles. The van der Waals surface area contributed by atoms with E-state index in [2.05, 4.69) is 10.4 Å². The van der Waals surface area contributed by atoms with Gasteiger partial charge in [-0.25, -0.2) is 4.79 Å². The molecule has 1 N–H and O–H groups in total.